The van der Waals surface area contributed by atoms with E-state index >= 15 is 0 Å². The summed E-state index contributed by atoms with van der Waals surface area (Å²) in [5, 5.41) is 5.44. The van der Waals surface area contributed by atoms with E-state index in [0.29, 0.717) is 22.2 Å². The van der Waals surface area contributed by atoms with Gasteiger partial charge in [0.1, 0.15) is 11.5 Å². The Balaban J connectivity index is 1.97. The predicted octanol–water partition coefficient (Wildman–Crippen LogP) is 2.61. The number of anilines is 1. The summed E-state index contributed by atoms with van der Waals surface area (Å²) in [6, 6.07) is 11.9. The minimum absolute atomic E-state index is 0.204. The Labute approximate surface area is 144 Å². The van der Waals surface area contributed by atoms with E-state index in [9.17, 15) is 9.59 Å². The first-order chi connectivity index (χ1) is 11.5. The number of rotatable bonds is 5. The molecule has 0 bridgehead atoms. The molecule has 0 fully saturated rings. The molecule has 2 aromatic carbocycles. The molecule has 2 rings (SSSR count). The lowest BCUT2D eigenvalue weighted by Gasteiger charge is -2.11. The lowest BCUT2D eigenvalue weighted by Crippen LogP contribution is -2.35. The van der Waals surface area contributed by atoms with E-state index in [1.165, 1.54) is 13.2 Å². The lowest BCUT2D eigenvalue weighted by molar-refractivity contribution is -0.136. The first-order valence-corrected chi connectivity index (χ1v) is 7.47. The molecule has 0 aliphatic carbocycles. The summed E-state index contributed by atoms with van der Waals surface area (Å²) in [4.78, 5) is 23.9. The highest BCUT2D eigenvalue weighted by molar-refractivity contribution is 6.40. The van der Waals surface area contributed by atoms with Gasteiger partial charge in [-0.1, -0.05) is 23.7 Å². The van der Waals surface area contributed by atoms with E-state index in [0.717, 1.165) is 5.56 Å². The Morgan fingerprint density at radius 2 is 1.83 bits per heavy atom. The normalized spacial score (nSPS) is 9.96. The number of benzene rings is 2. The maximum atomic E-state index is 12.0. The van der Waals surface area contributed by atoms with Crippen molar-refractivity contribution >= 4 is 29.1 Å². The minimum atomic E-state index is -0.807. The summed E-state index contributed by atoms with van der Waals surface area (Å²) in [7, 11) is 3.02. The van der Waals surface area contributed by atoms with Crippen LogP contribution in [0.1, 0.15) is 5.56 Å². The van der Waals surface area contributed by atoms with E-state index in [4.69, 9.17) is 21.1 Å². The quantitative estimate of drug-likeness (QED) is 0.814. The van der Waals surface area contributed by atoms with Crippen LogP contribution in [0.15, 0.2) is 42.5 Å². The van der Waals surface area contributed by atoms with E-state index in [1.54, 1.807) is 37.4 Å². The standard InChI is InChI=1S/C17H17ClN2O4/c1-23-13-5-3-4-11(8-13)10-19-16(21)17(22)20-14-9-12(18)6-7-15(14)24-2/h3-9H,10H2,1-2H3,(H,19,21)(H,20,22). The van der Waals surface area contributed by atoms with Crippen LogP contribution in [0.2, 0.25) is 5.02 Å². The van der Waals surface area contributed by atoms with Crippen molar-refractivity contribution in [3.05, 3.63) is 53.1 Å². The molecular weight excluding hydrogens is 332 g/mol. The number of hydrogen-bond acceptors (Lipinski definition) is 4. The van der Waals surface area contributed by atoms with Crippen molar-refractivity contribution in [2.45, 2.75) is 6.54 Å². The molecule has 0 atom stereocenters. The Bertz CT molecular complexity index is 749. The molecule has 6 nitrogen and oxygen atoms in total. The van der Waals surface area contributed by atoms with Crippen molar-refractivity contribution in [2.24, 2.45) is 0 Å². The van der Waals surface area contributed by atoms with E-state index in [-0.39, 0.29) is 6.54 Å². The van der Waals surface area contributed by atoms with Crippen molar-refractivity contribution < 1.29 is 19.1 Å². The van der Waals surface area contributed by atoms with Crippen molar-refractivity contribution in [3.63, 3.8) is 0 Å². The third-order valence-electron chi connectivity index (χ3n) is 3.20. The number of methoxy groups -OCH3 is 2. The van der Waals surface area contributed by atoms with Gasteiger partial charge in [0.25, 0.3) is 0 Å². The van der Waals surface area contributed by atoms with Gasteiger partial charge in [-0.15, -0.1) is 0 Å². The average molecular weight is 349 g/mol. The zero-order chi connectivity index (χ0) is 17.5. The van der Waals surface area contributed by atoms with Crippen LogP contribution in [-0.2, 0) is 16.1 Å². The fourth-order valence-corrected chi connectivity index (χ4v) is 2.17. The van der Waals surface area contributed by atoms with Crippen LogP contribution in [0.3, 0.4) is 0 Å². The van der Waals surface area contributed by atoms with Crippen molar-refractivity contribution in [2.75, 3.05) is 19.5 Å². The van der Waals surface area contributed by atoms with Gasteiger partial charge in [-0.3, -0.25) is 9.59 Å². The molecule has 2 N–H and O–H groups in total. The average Bonchev–Trinajstić information content (AvgIpc) is 2.60. The Kier molecular flexibility index (Phi) is 6.03. The van der Waals surface area contributed by atoms with Crippen molar-refractivity contribution in [3.8, 4) is 11.5 Å². The number of amides is 2. The Morgan fingerprint density at radius 3 is 2.54 bits per heavy atom. The number of halogens is 1. The first kappa shape index (κ1) is 17.6. The third kappa shape index (κ3) is 4.63. The van der Waals surface area contributed by atoms with Gasteiger partial charge in [-0.2, -0.15) is 0 Å². The second-order valence-corrected chi connectivity index (χ2v) is 5.27. The van der Waals surface area contributed by atoms with Crippen LogP contribution < -0.4 is 20.1 Å². The highest BCUT2D eigenvalue weighted by atomic mass is 35.5. The second kappa shape index (κ2) is 8.21. The van der Waals surface area contributed by atoms with Crippen molar-refractivity contribution in [1.82, 2.24) is 5.32 Å². The molecule has 0 spiro atoms. The number of carbonyl (C=O) groups is 2. The summed E-state index contributed by atoms with van der Waals surface area (Å²) in [6.07, 6.45) is 0. The molecule has 0 saturated heterocycles. The zero-order valence-corrected chi connectivity index (χ0v) is 14.0. The Hall–Kier alpha value is -2.73. The van der Waals surface area contributed by atoms with E-state index < -0.39 is 11.8 Å². The number of nitrogens with one attached hydrogen (secondary N) is 2. The molecule has 0 radical (unpaired) electrons. The largest absolute Gasteiger partial charge is 0.497 e. The first-order valence-electron chi connectivity index (χ1n) is 7.09. The van der Waals surface area contributed by atoms with Crippen LogP contribution in [0, 0.1) is 0 Å². The zero-order valence-electron chi connectivity index (χ0n) is 13.3. The predicted molar refractivity (Wildman–Crippen MR) is 91.5 cm³/mol. The van der Waals surface area contributed by atoms with E-state index in [2.05, 4.69) is 10.6 Å². The number of carbonyl (C=O) groups excluding carboxylic acids is 2. The van der Waals surface area contributed by atoms with Crippen LogP contribution in [0.4, 0.5) is 5.69 Å². The van der Waals surface area contributed by atoms with Crippen LogP contribution >= 0.6 is 11.6 Å². The van der Waals surface area contributed by atoms with Crippen LogP contribution in [0.5, 0.6) is 11.5 Å². The van der Waals surface area contributed by atoms with Gasteiger partial charge in [-0.05, 0) is 35.9 Å². The van der Waals surface area contributed by atoms with Crippen LogP contribution in [0.25, 0.3) is 0 Å². The SMILES string of the molecule is COc1cccc(CNC(=O)C(=O)Nc2cc(Cl)ccc2OC)c1. The molecule has 0 aromatic heterocycles. The van der Waals surface area contributed by atoms with Gasteiger partial charge in [0.05, 0.1) is 19.9 Å². The minimum Gasteiger partial charge on any atom is -0.497 e. The fourth-order valence-electron chi connectivity index (χ4n) is 2.00. The smallest absolute Gasteiger partial charge is 0.313 e. The van der Waals surface area contributed by atoms with E-state index in [1.807, 2.05) is 6.07 Å². The maximum Gasteiger partial charge on any atom is 0.313 e. The summed E-state index contributed by atoms with van der Waals surface area (Å²) in [5.74, 6) is -0.485. The second-order valence-electron chi connectivity index (χ2n) is 4.83. The third-order valence-corrected chi connectivity index (χ3v) is 3.44. The monoisotopic (exact) mass is 348 g/mol. The molecule has 0 heterocycles. The molecule has 2 aromatic rings. The molecule has 7 heteroatoms. The molecule has 0 unspecified atom stereocenters. The molecule has 2 amide bonds. The number of hydrogen-bond donors (Lipinski definition) is 2. The molecule has 0 saturated carbocycles. The molecule has 126 valence electrons. The summed E-state index contributed by atoms with van der Waals surface area (Å²) >= 11 is 5.89. The van der Waals surface area contributed by atoms with Gasteiger partial charge in [0.15, 0.2) is 0 Å². The van der Waals surface area contributed by atoms with Gasteiger partial charge in [-0.25, -0.2) is 0 Å². The summed E-state index contributed by atoms with van der Waals surface area (Å²) < 4.78 is 10.2. The van der Waals surface area contributed by atoms with Crippen molar-refractivity contribution in [1.29, 1.82) is 0 Å². The van der Waals surface area contributed by atoms with Crippen LogP contribution in [-0.4, -0.2) is 26.0 Å². The molecule has 0 aliphatic heterocycles. The summed E-state index contributed by atoms with van der Waals surface area (Å²) in [5.41, 5.74) is 1.14. The molecular formula is C17H17ClN2O4. The van der Waals surface area contributed by atoms with Gasteiger partial charge in [0, 0.05) is 11.6 Å². The Morgan fingerprint density at radius 1 is 1.04 bits per heavy atom. The van der Waals surface area contributed by atoms with Gasteiger partial charge in [0.2, 0.25) is 0 Å². The lowest BCUT2D eigenvalue weighted by atomic mass is 10.2. The topological polar surface area (TPSA) is 76.7 Å². The summed E-state index contributed by atoms with van der Waals surface area (Å²) in [6.45, 7) is 0.204. The highest BCUT2D eigenvalue weighted by Gasteiger charge is 2.16. The fraction of sp³-hybridized carbons (Fsp3) is 0.176. The van der Waals surface area contributed by atoms with Gasteiger partial charge < -0.3 is 20.1 Å². The number of ether oxygens (including phenoxy) is 2. The molecule has 24 heavy (non-hydrogen) atoms. The molecule has 0 aliphatic rings. The highest BCUT2D eigenvalue weighted by Crippen LogP contribution is 2.27. The maximum absolute atomic E-state index is 12.0. The van der Waals surface area contributed by atoms with Gasteiger partial charge >= 0.3 is 11.8 Å².